The van der Waals surface area contributed by atoms with Crippen LogP contribution in [0.3, 0.4) is 0 Å². The Morgan fingerprint density at radius 1 is 1.14 bits per heavy atom. The molecule has 0 saturated heterocycles. The number of carbonyl (C=O) groups is 1. The molecule has 1 aromatic heterocycles. The predicted octanol–water partition coefficient (Wildman–Crippen LogP) is 4.28. The summed E-state index contributed by atoms with van der Waals surface area (Å²) in [6, 6.07) is 20.1. The molecule has 5 nitrogen and oxygen atoms in total. The van der Waals surface area contributed by atoms with Crippen molar-refractivity contribution in [2.75, 3.05) is 7.05 Å². The Morgan fingerprint density at radius 2 is 1.79 bits per heavy atom. The predicted molar refractivity (Wildman–Crippen MR) is 112 cm³/mol. The topological polar surface area (TPSA) is 51.0 Å². The third kappa shape index (κ3) is 4.28. The van der Waals surface area contributed by atoms with Crippen LogP contribution in [0.15, 0.2) is 65.8 Å². The molecule has 1 saturated carbocycles. The molecule has 4 rings (SSSR count). The first-order valence-electron chi connectivity index (χ1n) is 9.60. The van der Waals surface area contributed by atoms with E-state index in [1.807, 2.05) is 79.3 Å². The summed E-state index contributed by atoms with van der Waals surface area (Å²) in [5, 5.41) is 5.13. The summed E-state index contributed by atoms with van der Waals surface area (Å²) >= 11 is 1.43. The monoisotopic (exact) mass is 392 g/mol. The zero-order valence-electron chi connectivity index (χ0n) is 16.2. The highest BCUT2D eigenvalue weighted by Crippen LogP contribution is 2.40. The summed E-state index contributed by atoms with van der Waals surface area (Å²) in [5.41, 5.74) is 2.14. The van der Waals surface area contributed by atoms with Gasteiger partial charge in [-0.3, -0.25) is 4.79 Å². The molecule has 0 bridgehead atoms. The van der Waals surface area contributed by atoms with E-state index in [2.05, 4.69) is 0 Å². The van der Waals surface area contributed by atoms with Crippen LogP contribution in [0.1, 0.15) is 37.1 Å². The van der Waals surface area contributed by atoms with Crippen LogP contribution >= 0.6 is 11.8 Å². The maximum absolute atomic E-state index is 12.8. The highest BCUT2D eigenvalue weighted by atomic mass is 32.2. The lowest BCUT2D eigenvalue weighted by molar-refractivity contribution is -0.129. The lowest BCUT2D eigenvalue weighted by Crippen LogP contribution is -2.32. The van der Waals surface area contributed by atoms with Gasteiger partial charge in [0.05, 0.1) is 10.9 Å². The van der Waals surface area contributed by atoms with Gasteiger partial charge in [-0.2, -0.15) is 0 Å². The Hall–Kier alpha value is -2.60. The van der Waals surface area contributed by atoms with Crippen molar-refractivity contribution in [3.05, 3.63) is 72.1 Å². The molecule has 1 heterocycles. The summed E-state index contributed by atoms with van der Waals surface area (Å²) in [6.07, 6.45) is 2.31. The summed E-state index contributed by atoms with van der Waals surface area (Å²) in [6.45, 7) is 2.53. The Kier molecular flexibility index (Phi) is 5.48. The van der Waals surface area contributed by atoms with Crippen molar-refractivity contribution in [3.63, 3.8) is 0 Å². The summed E-state index contributed by atoms with van der Waals surface area (Å²) in [5.74, 6) is 1.57. The SMILES string of the molecule is C[C@@H](Sc1nc(C2CC2)n(-c2ccccc2)n1)C(=O)N(C)Cc1ccccc1. The van der Waals surface area contributed by atoms with Crippen LogP contribution in [-0.2, 0) is 11.3 Å². The van der Waals surface area contributed by atoms with Crippen LogP contribution in [0, 0.1) is 0 Å². The van der Waals surface area contributed by atoms with E-state index in [9.17, 15) is 4.79 Å². The van der Waals surface area contributed by atoms with Crippen molar-refractivity contribution < 1.29 is 4.79 Å². The molecule has 1 fully saturated rings. The lowest BCUT2D eigenvalue weighted by atomic mass is 10.2. The normalized spacial score (nSPS) is 14.6. The van der Waals surface area contributed by atoms with Gasteiger partial charge in [-0.05, 0) is 37.5 Å². The lowest BCUT2D eigenvalue weighted by Gasteiger charge is -2.20. The van der Waals surface area contributed by atoms with Gasteiger partial charge in [0.15, 0.2) is 0 Å². The minimum absolute atomic E-state index is 0.0814. The zero-order chi connectivity index (χ0) is 19.5. The molecular formula is C22H24N4OS. The quantitative estimate of drug-likeness (QED) is 0.563. The van der Waals surface area contributed by atoms with Gasteiger partial charge in [0, 0.05) is 19.5 Å². The standard InChI is InChI=1S/C22H24N4OS/c1-16(21(27)25(2)15-17-9-5-3-6-10-17)28-22-23-20(18-13-14-18)26(24-22)19-11-7-4-8-12-19/h3-12,16,18H,13-15H2,1-2H3/t16-/m1/s1. The zero-order valence-corrected chi connectivity index (χ0v) is 17.0. The van der Waals surface area contributed by atoms with Crippen molar-refractivity contribution in [2.45, 2.75) is 42.6 Å². The van der Waals surface area contributed by atoms with E-state index < -0.39 is 0 Å². The fraction of sp³-hybridized carbons (Fsp3) is 0.318. The van der Waals surface area contributed by atoms with Gasteiger partial charge in [-0.1, -0.05) is 60.3 Å². The second-order valence-corrected chi connectivity index (χ2v) is 8.52. The van der Waals surface area contributed by atoms with Crippen LogP contribution < -0.4 is 0 Å². The number of hydrogen-bond acceptors (Lipinski definition) is 4. The third-order valence-electron chi connectivity index (χ3n) is 4.82. The highest BCUT2D eigenvalue weighted by molar-refractivity contribution is 8.00. The Labute approximate surface area is 169 Å². The van der Waals surface area contributed by atoms with Crippen LogP contribution in [0.2, 0.25) is 0 Å². The van der Waals surface area contributed by atoms with Crippen LogP contribution in [-0.4, -0.2) is 37.9 Å². The molecule has 1 atom stereocenters. The number of rotatable bonds is 7. The first kappa shape index (κ1) is 18.7. The van der Waals surface area contributed by atoms with Gasteiger partial charge in [0.2, 0.25) is 11.1 Å². The summed E-state index contributed by atoms with van der Waals surface area (Å²) in [7, 11) is 1.85. The highest BCUT2D eigenvalue weighted by Gasteiger charge is 2.31. The molecular weight excluding hydrogens is 368 g/mol. The van der Waals surface area contributed by atoms with Crippen LogP contribution in [0.25, 0.3) is 5.69 Å². The number of carbonyl (C=O) groups excluding carboxylic acids is 1. The number of hydrogen-bond donors (Lipinski definition) is 0. The first-order valence-corrected chi connectivity index (χ1v) is 10.5. The van der Waals surface area contributed by atoms with Crippen molar-refractivity contribution in [3.8, 4) is 5.69 Å². The van der Waals surface area contributed by atoms with Crippen LogP contribution in [0.4, 0.5) is 0 Å². The van der Waals surface area contributed by atoms with Gasteiger partial charge >= 0.3 is 0 Å². The third-order valence-corrected chi connectivity index (χ3v) is 5.76. The van der Waals surface area contributed by atoms with Crippen molar-refractivity contribution in [1.29, 1.82) is 0 Å². The van der Waals surface area contributed by atoms with E-state index in [1.165, 1.54) is 11.8 Å². The Balaban J connectivity index is 1.47. The van der Waals surface area contributed by atoms with E-state index in [0.29, 0.717) is 17.6 Å². The van der Waals surface area contributed by atoms with Crippen molar-refractivity contribution in [1.82, 2.24) is 19.7 Å². The minimum atomic E-state index is -0.243. The molecule has 1 aliphatic rings. The van der Waals surface area contributed by atoms with Gasteiger partial charge in [0.1, 0.15) is 5.82 Å². The molecule has 3 aromatic rings. The number of thioether (sulfide) groups is 1. The number of para-hydroxylation sites is 1. The summed E-state index contributed by atoms with van der Waals surface area (Å²) < 4.78 is 1.94. The number of nitrogens with zero attached hydrogens (tertiary/aromatic N) is 4. The summed E-state index contributed by atoms with van der Waals surface area (Å²) in [4.78, 5) is 19.3. The van der Waals surface area contributed by atoms with E-state index in [-0.39, 0.29) is 11.2 Å². The smallest absolute Gasteiger partial charge is 0.235 e. The Morgan fingerprint density at radius 3 is 2.43 bits per heavy atom. The van der Waals surface area contributed by atoms with E-state index >= 15 is 0 Å². The molecule has 1 aliphatic carbocycles. The molecule has 28 heavy (non-hydrogen) atoms. The number of aromatic nitrogens is 3. The second-order valence-electron chi connectivity index (χ2n) is 7.21. The Bertz CT molecular complexity index is 938. The fourth-order valence-electron chi connectivity index (χ4n) is 3.17. The molecule has 144 valence electrons. The van der Waals surface area contributed by atoms with E-state index in [1.54, 1.807) is 4.90 Å². The molecule has 0 aliphatic heterocycles. The molecule has 6 heteroatoms. The average molecular weight is 393 g/mol. The van der Waals surface area contributed by atoms with E-state index in [4.69, 9.17) is 10.1 Å². The minimum Gasteiger partial charge on any atom is -0.340 e. The fourth-order valence-corrected chi connectivity index (χ4v) is 4.05. The second kappa shape index (κ2) is 8.19. The molecule has 0 N–H and O–H groups in total. The maximum Gasteiger partial charge on any atom is 0.235 e. The molecule has 1 amide bonds. The molecule has 0 unspecified atom stereocenters. The molecule has 2 aromatic carbocycles. The van der Waals surface area contributed by atoms with Gasteiger partial charge < -0.3 is 4.90 Å². The molecule has 0 spiro atoms. The number of amides is 1. The van der Waals surface area contributed by atoms with Gasteiger partial charge in [0.25, 0.3) is 0 Å². The van der Waals surface area contributed by atoms with Gasteiger partial charge in [-0.15, -0.1) is 5.10 Å². The average Bonchev–Trinajstić information content (AvgIpc) is 3.49. The van der Waals surface area contributed by atoms with Gasteiger partial charge in [-0.25, -0.2) is 9.67 Å². The largest absolute Gasteiger partial charge is 0.340 e. The van der Waals surface area contributed by atoms with Crippen molar-refractivity contribution >= 4 is 17.7 Å². The maximum atomic E-state index is 12.8. The molecule has 0 radical (unpaired) electrons. The van der Waals surface area contributed by atoms with Crippen LogP contribution in [0.5, 0.6) is 0 Å². The van der Waals surface area contributed by atoms with E-state index in [0.717, 1.165) is 29.9 Å². The van der Waals surface area contributed by atoms with Crippen molar-refractivity contribution in [2.24, 2.45) is 0 Å². The first-order chi connectivity index (χ1) is 13.6. The number of benzene rings is 2.